The van der Waals surface area contributed by atoms with Crippen LogP contribution in [0, 0.1) is 0 Å². The second kappa shape index (κ2) is 13.1. The van der Waals surface area contributed by atoms with Crippen molar-refractivity contribution in [3.05, 3.63) is 83.0 Å². The van der Waals surface area contributed by atoms with Crippen LogP contribution in [0.2, 0.25) is 5.02 Å². The van der Waals surface area contributed by atoms with Crippen molar-refractivity contribution in [2.45, 2.75) is 38.6 Å². The van der Waals surface area contributed by atoms with E-state index in [1.54, 1.807) is 6.20 Å². The zero-order valence-corrected chi connectivity index (χ0v) is 20.7. The summed E-state index contributed by atoms with van der Waals surface area (Å²) in [5, 5.41) is 3.77. The SMILES string of the molecule is O=C(CN1CCCCCCOc2ccccc2Oc2ncccc2C1)NCCc1ccc(Cl)cc1. The third kappa shape index (κ3) is 7.98. The highest BCUT2D eigenvalue weighted by Gasteiger charge is 2.16. The molecular formula is C28H32ClN3O3. The maximum absolute atomic E-state index is 12.8. The fourth-order valence-electron chi connectivity index (χ4n) is 4.08. The first-order valence-electron chi connectivity index (χ1n) is 12.2. The number of pyridine rings is 1. The highest BCUT2D eigenvalue weighted by Crippen LogP contribution is 2.32. The Kier molecular flexibility index (Phi) is 9.38. The summed E-state index contributed by atoms with van der Waals surface area (Å²) < 4.78 is 12.2. The maximum Gasteiger partial charge on any atom is 0.234 e. The smallest absolute Gasteiger partial charge is 0.234 e. The average molecular weight is 494 g/mol. The molecule has 2 heterocycles. The Morgan fingerprint density at radius 2 is 1.77 bits per heavy atom. The van der Waals surface area contributed by atoms with Crippen LogP contribution in [0.3, 0.4) is 0 Å². The Morgan fingerprint density at radius 1 is 0.971 bits per heavy atom. The number of amides is 1. The lowest BCUT2D eigenvalue weighted by Gasteiger charge is -2.23. The number of ether oxygens (including phenoxy) is 2. The van der Waals surface area contributed by atoms with E-state index in [1.165, 1.54) is 0 Å². The van der Waals surface area contributed by atoms with Crippen LogP contribution in [0.15, 0.2) is 66.9 Å². The molecule has 0 radical (unpaired) electrons. The number of halogens is 1. The molecule has 2 aromatic carbocycles. The van der Waals surface area contributed by atoms with Crippen molar-refractivity contribution in [3.8, 4) is 17.4 Å². The Morgan fingerprint density at radius 3 is 2.63 bits per heavy atom. The van der Waals surface area contributed by atoms with Gasteiger partial charge in [0.05, 0.1) is 13.2 Å². The molecule has 7 heteroatoms. The quantitative estimate of drug-likeness (QED) is 0.498. The minimum atomic E-state index is 0.0187. The van der Waals surface area contributed by atoms with Crippen molar-refractivity contribution in [3.63, 3.8) is 0 Å². The zero-order chi connectivity index (χ0) is 24.3. The highest BCUT2D eigenvalue weighted by atomic mass is 35.5. The summed E-state index contributed by atoms with van der Waals surface area (Å²) in [5.41, 5.74) is 2.09. The van der Waals surface area contributed by atoms with E-state index >= 15 is 0 Å². The molecule has 6 nitrogen and oxygen atoms in total. The molecule has 0 saturated carbocycles. The second-order valence-electron chi connectivity index (χ2n) is 8.72. The molecule has 0 saturated heterocycles. The van der Waals surface area contributed by atoms with Gasteiger partial charge in [-0.25, -0.2) is 4.98 Å². The molecule has 184 valence electrons. The molecule has 0 spiro atoms. The molecule has 0 atom stereocenters. The van der Waals surface area contributed by atoms with Crippen LogP contribution < -0.4 is 14.8 Å². The van der Waals surface area contributed by atoms with Crippen LogP contribution in [0.5, 0.6) is 17.4 Å². The fraction of sp³-hybridized carbons (Fsp3) is 0.357. The number of para-hydroxylation sites is 2. The summed E-state index contributed by atoms with van der Waals surface area (Å²) in [6.07, 6.45) is 6.67. The fourth-order valence-corrected chi connectivity index (χ4v) is 4.20. The number of carbonyl (C=O) groups is 1. The van der Waals surface area contributed by atoms with Gasteiger partial charge in [0, 0.05) is 29.9 Å². The van der Waals surface area contributed by atoms with Crippen LogP contribution >= 0.6 is 11.6 Å². The van der Waals surface area contributed by atoms with Crippen LogP contribution in [-0.2, 0) is 17.8 Å². The normalized spacial score (nSPS) is 15.0. The van der Waals surface area contributed by atoms with E-state index in [4.69, 9.17) is 21.1 Å². The summed E-state index contributed by atoms with van der Waals surface area (Å²) in [6, 6.07) is 19.3. The molecule has 0 bridgehead atoms. The number of fused-ring (bicyclic) bond motifs is 2. The van der Waals surface area contributed by atoms with E-state index in [0.717, 1.165) is 55.5 Å². The van der Waals surface area contributed by atoms with Crippen LogP contribution in [0.25, 0.3) is 0 Å². The van der Waals surface area contributed by atoms with Gasteiger partial charge in [-0.3, -0.25) is 9.69 Å². The van der Waals surface area contributed by atoms with E-state index in [0.29, 0.717) is 42.9 Å². The molecule has 0 aliphatic carbocycles. The summed E-state index contributed by atoms with van der Waals surface area (Å²) in [6.45, 7) is 2.98. The Balaban J connectivity index is 1.42. The van der Waals surface area contributed by atoms with Gasteiger partial charge in [0.2, 0.25) is 11.8 Å². The third-order valence-electron chi connectivity index (χ3n) is 5.94. The van der Waals surface area contributed by atoms with Crippen molar-refractivity contribution in [2.75, 3.05) is 26.2 Å². The topological polar surface area (TPSA) is 63.7 Å². The molecule has 0 fully saturated rings. The molecule has 1 aromatic heterocycles. The van der Waals surface area contributed by atoms with Gasteiger partial charge in [-0.05, 0) is 61.7 Å². The lowest BCUT2D eigenvalue weighted by atomic mass is 10.1. The van der Waals surface area contributed by atoms with Crippen molar-refractivity contribution in [2.24, 2.45) is 0 Å². The first-order valence-corrected chi connectivity index (χ1v) is 12.6. The van der Waals surface area contributed by atoms with Crippen molar-refractivity contribution in [1.82, 2.24) is 15.2 Å². The van der Waals surface area contributed by atoms with Crippen LogP contribution in [0.1, 0.15) is 36.8 Å². The van der Waals surface area contributed by atoms with Gasteiger partial charge in [0.15, 0.2) is 11.5 Å². The van der Waals surface area contributed by atoms with E-state index in [1.807, 2.05) is 60.7 Å². The number of nitrogens with one attached hydrogen (secondary N) is 1. The molecule has 4 rings (SSSR count). The van der Waals surface area contributed by atoms with Crippen molar-refractivity contribution >= 4 is 17.5 Å². The van der Waals surface area contributed by atoms with Crippen molar-refractivity contribution < 1.29 is 14.3 Å². The van der Waals surface area contributed by atoms with Gasteiger partial charge in [0.25, 0.3) is 0 Å². The summed E-state index contributed by atoms with van der Waals surface area (Å²) in [5.74, 6) is 1.92. The average Bonchev–Trinajstić information content (AvgIpc) is 2.86. The maximum atomic E-state index is 12.8. The number of carbonyl (C=O) groups excluding carboxylic acids is 1. The van der Waals surface area contributed by atoms with Gasteiger partial charge < -0.3 is 14.8 Å². The summed E-state index contributed by atoms with van der Waals surface area (Å²) in [4.78, 5) is 19.4. The van der Waals surface area contributed by atoms with Crippen LogP contribution in [0.4, 0.5) is 0 Å². The number of benzene rings is 2. The highest BCUT2D eigenvalue weighted by molar-refractivity contribution is 6.30. The molecule has 1 aliphatic rings. The third-order valence-corrected chi connectivity index (χ3v) is 6.19. The predicted molar refractivity (Wildman–Crippen MR) is 138 cm³/mol. The van der Waals surface area contributed by atoms with E-state index in [9.17, 15) is 4.79 Å². The minimum Gasteiger partial charge on any atom is -0.490 e. The lowest BCUT2D eigenvalue weighted by Crippen LogP contribution is -2.38. The standard InChI is InChI=1S/C28H32ClN3O3/c29-24-13-11-22(12-14-24)15-17-30-27(33)21-32-18-5-1-2-6-19-34-25-9-3-4-10-26(25)35-28-23(20-32)8-7-16-31-28/h3-4,7-14,16H,1-2,5-6,15,17-21H2,(H,30,33). The van der Waals surface area contributed by atoms with E-state index in [-0.39, 0.29) is 5.91 Å². The number of nitrogens with zero attached hydrogens (tertiary/aromatic N) is 2. The van der Waals surface area contributed by atoms with Gasteiger partial charge in [-0.15, -0.1) is 0 Å². The first-order chi connectivity index (χ1) is 17.2. The molecule has 1 aliphatic heterocycles. The first kappa shape index (κ1) is 25.0. The van der Waals surface area contributed by atoms with Gasteiger partial charge in [0.1, 0.15) is 0 Å². The Bertz CT molecular complexity index is 1090. The van der Waals surface area contributed by atoms with Crippen molar-refractivity contribution in [1.29, 1.82) is 0 Å². The summed E-state index contributed by atoms with van der Waals surface area (Å²) >= 11 is 5.95. The van der Waals surface area contributed by atoms with E-state index < -0.39 is 0 Å². The number of aromatic nitrogens is 1. The predicted octanol–water partition coefficient (Wildman–Crippen LogP) is 5.64. The van der Waals surface area contributed by atoms with Gasteiger partial charge >= 0.3 is 0 Å². The second-order valence-corrected chi connectivity index (χ2v) is 9.15. The largest absolute Gasteiger partial charge is 0.490 e. The number of hydrogen-bond acceptors (Lipinski definition) is 5. The zero-order valence-electron chi connectivity index (χ0n) is 19.9. The molecule has 1 amide bonds. The molecule has 1 N–H and O–H groups in total. The lowest BCUT2D eigenvalue weighted by molar-refractivity contribution is -0.122. The minimum absolute atomic E-state index is 0.0187. The number of hydrogen-bond donors (Lipinski definition) is 1. The molecule has 3 aromatic rings. The summed E-state index contributed by atoms with van der Waals surface area (Å²) in [7, 11) is 0. The van der Waals surface area contributed by atoms with Gasteiger partial charge in [-0.1, -0.05) is 54.8 Å². The Hall–Kier alpha value is -3.09. The molecular weight excluding hydrogens is 462 g/mol. The van der Waals surface area contributed by atoms with Crippen LogP contribution in [-0.4, -0.2) is 42.0 Å². The van der Waals surface area contributed by atoms with E-state index in [2.05, 4.69) is 15.2 Å². The molecule has 35 heavy (non-hydrogen) atoms. The Labute approximate surface area is 212 Å². The number of rotatable bonds is 5. The van der Waals surface area contributed by atoms with Gasteiger partial charge in [-0.2, -0.15) is 0 Å². The molecule has 0 unspecified atom stereocenters. The monoisotopic (exact) mass is 493 g/mol.